The molecule has 0 aromatic heterocycles. The fourth-order valence-corrected chi connectivity index (χ4v) is 2.19. The smallest absolute Gasteiger partial charge is 0.326 e. The van der Waals surface area contributed by atoms with E-state index in [4.69, 9.17) is 28.3 Å². The van der Waals surface area contributed by atoms with E-state index in [0.717, 1.165) is 12.1 Å². The highest BCUT2D eigenvalue weighted by molar-refractivity contribution is 6.39. The van der Waals surface area contributed by atoms with Gasteiger partial charge in [0, 0.05) is 0 Å². The fourth-order valence-electron chi connectivity index (χ4n) is 1.64. The summed E-state index contributed by atoms with van der Waals surface area (Å²) in [6, 6.07) is 0.157. The van der Waals surface area contributed by atoms with E-state index in [1.807, 2.05) is 6.92 Å². The fraction of sp³-hybridized carbons (Fsp3) is 0.385. The first-order valence-electron chi connectivity index (χ1n) is 6.21. The number of rotatable bonds is 5. The van der Waals surface area contributed by atoms with Gasteiger partial charge in [-0.25, -0.2) is 14.0 Å². The summed E-state index contributed by atoms with van der Waals surface area (Å²) in [5.74, 6) is -2.04. The number of carboxylic acids is 1. The number of aliphatic carboxylic acids is 1. The number of carbonyl (C=O) groups excluding carboxylic acids is 1. The number of hydrogen-bond acceptors (Lipinski definition) is 2. The summed E-state index contributed by atoms with van der Waals surface area (Å²) in [6.07, 6.45) is 0.579. The van der Waals surface area contributed by atoms with Crippen molar-refractivity contribution < 1.29 is 19.1 Å². The van der Waals surface area contributed by atoms with Crippen LogP contribution in [0.15, 0.2) is 12.1 Å². The summed E-state index contributed by atoms with van der Waals surface area (Å²) in [4.78, 5) is 23.0. The zero-order valence-corrected chi connectivity index (χ0v) is 12.9. The molecule has 2 unspecified atom stereocenters. The van der Waals surface area contributed by atoms with Gasteiger partial charge in [0.15, 0.2) is 0 Å². The summed E-state index contributed by atoms with van der Waals surface area (Å²) in [5, 5.41) is 13.6. The van der Waals surface area contributed by atoms with Crippen molar-refractivity contribution in [2.24, 2.45) is 5.92 Å². The minimum Gasteiger partial charge on any atom is -0.480 e. The number of hydrogen-bond donors (Lipinski definition) is 3. The highest BCUT2D eigenvalue weighted by Crippen LogP contribution is 2.31. The number of nitrogens with one attached hydrogen (secondary N) is 2. The second-order valence-corrected chi connectivity index (χ2v) is 5.36. The van der Waals surface area contributed by atoms with E-state index < -0.39 is 23.9 Å². The van der Waals surface area contributed by atoms with Gasteiger partial charge in [-0.2, -0.15) is 0 Å². The van der Waals surface area contributed by atoms with Gasteiger partial charge >= 0.3 is 12.0 Å². The van der Waals surface area contributed by atoms with Crippen LogP contribution in [0.1, 0.15) is 20.3 Å². The third-order valence-electron chi connectivity index (χ3n) is 3.01. The van der Waals surface area contributed by atoms with Crippen molar-refractivity contribution in [3.05, 3.63) is 28.0 Å². The number of carbonyl (C=O) groups is 2. The topological polar surface area (TPSA) is 78.4 Å². The highest BCUT2D eigenvalue weighted by Gasteiger charge is 2.25. The number of anilines is 1. The summed E-state index contributed by atoms with van der Waals surface area (Å²) >= 11 is 11.6. The Morgan fingerprint density at radius 2 is 1.86 bits per heavy atom. The Morgan fingerprint density at radius 3 is 2.29 bits per heavy atom. The number of benzene rings is 1. The van der Waals surface area contributed by atoms with Crippen LogP contribution in [-0.2, 0) is 4.79 Å². The molecule has 0 aliphatic rings. The van der Waals surface area contributed by atoms with Crippen molar-refractivity contribution in [3.8, 4) is 0 Å². The minimum atomic E-state index is -1.14. The maximum Gasteiger partial charge on any atom is 0.326 e. The van der Waals surface area contributed by atoms with Crippen molar-refractivity contribution in [1.29, 1.82) is 0 Å². The Labute approximate surface area is 131 Å². The third-order valence-corrected chi connectivity index (χ3v) is 3.61. The number of urea groups is 1. The lowest BCUT2D eigenvalue weighted by Crippen LogP contribution is -2.46. The minimum absolute atomic E-state index is 0.0190. The molecule has 116 valence electrons. The van der Waals surface area contributed by atoms with Gasteiger partial charge in [-0.15, -0.1) is 0 Å². The monoisotopic (exact) mass is 336 g/mol. The first kappa shape index (κ1) is 17.5. The Balaban J connectivity index is 2.84. The predicted octanol–water partition coefficient (Wildman–Crippen LogP) is 3.75. The van der Waals surface area contributed by atoms with Crippen LogP contribution in [0.3, 0.4) is 0 Å². The largest absolute Gasteiger partial charge is 0.480 e. The van der Waals surface area contributed by atoms with E-state index in [2.05, 4.69) is 10.6 Å². The molecule has 0 heterocycles. The molecule has 2 atom stereocenters. The van der Waals surface area contributed by atoms with Crippen molar-refractivity contribution in [3.63, 3.8) is 0 Å². The molecular formula is C13H15Cl2FN2O3. The highest BCUT2D eigenvalue weighted by atomic mass is 35.5. The van der Waals surface area contributed by atoms with E-state index >= 15 is 0 Å². The number of carboxylic acid groups (broad SMARTS) is 1. The molecule has 0 aliphatic carbocycles. The Morgan fingerprint density at radius 1 is 1.33 bits per heavy atom. The van der Waals surface area contributed by atoms with Crippen LogP contribution in [0.25, 0.3) is 0 Å². The van der Waals surface area contributed by atoms with Crippen molar-refractivity contribution in [2.45, 2.75) is 26.3 Å². The lowest BCUT2D eigenvalue weighted by molar-refractivity contribution is -0.140. The molecular weight excluding hydrogens is 322 g/mol. The van der Waals surface area contributed by atoms with Crippen LogP contribution in [-0.4, -0.2) is 23.1 Å². The van der Waals surface area contributed by atoms with E-state index in [1.54, 1.807) is 6.92 Å². The number of halogens is 3. The average molecular weight is 337 g/mol. The van der Waals surface area contributed by atoms with Gasteiger partial charge in [-0.3, -0.25) is 0 Å². The molecule has 0 fully saturated rings. The average Bonchev–Trinajstić information content (AvgIpc) is 2.39. The van der Waals surface area contributed by atoms with Gasteiger partial charge in [0.25, 0.3) is 0 Å². The zero-order chi connectivity index (χ0) is 16.2. The SMILES string of the molecule is CCC(C)C(NC(=O)Nc1c(Cl)cc(F)cc1Cl)C(=O)O. The summed E-state index contributed by atoms with van der Waals surface area (Å²) in [6.45, 7) is 3.52. The van der Waals surface area contributed by atoms with Gasteiger partial charge in [-0.05, 0) is 18.1 Å². The van der Waals surface area contributed by atoms with Crippen molar-refractivity contribution in [1.82, 2.24) is 5.32 Å². The molecule has 1 aromatic carbocycles. The molecule has 1 aromatic rings. The maximum absolute atomic E-state index is 13.0. The van der Waals surface area contributed by atoms with Crippen molar-refractivity contribution in [2.75, 3.05) is 5.32 Å². The zero-order valence-electron chi connectivity index (χ0n) is 11.4. The second-order valence-electron chi connectivity index (χ2n) is 4.54. The normalized spacial score (nSPS) is 13.4. The van der Waals surface area contributed by atoms with Crippen LogP contribution in [0, 0.1) is 11.7 Å². The summed E-state index contributed by atoms with van der Waals surface area (Å²) in [7, 11) is 0. The summed E-state index contributed by atoms with van der Waals surface area (Å²) in [5.41, 5.74) is 0.0190. The second kappa shape index (κ2) is 7.47. The van der Waals surface area contributed by atoms with Crippen molar-refractivity contribution >= 4 is 40.9 Å². The molecule has 1 rings (SSSR count). The van der Waals surface area contributed by atoms with E-state index in [0.29, 0.717) is 6.42 Å². The van der Waals surface area contributed by atoms with Gasteiger partial charge in [0.05, 0.1) is 15.7 Å². The molecule has 5 nitrogen and oxygen atoms in total. The van der Waals surface area contributed by atoms with Crippen LogP contribution in [0.2, 0.25) is 10.0 Å². The molecule has 0 bridgehead atoms. The predicted molar refractivity (Wildman–Crippen MR) is 79.5 cm³/mol. The van der Waals surface area contributed by atoms with Gasteiger partial charge < -0.3 is 15.7 Å². The van der Waals surface area contributed by atoms with Gasteiger partial charge in [-0.1, -0.05) is 43.5 Å². The molecule has 0 aliphatic heterocycles. The molecule has 3 N–H and O–H groups in total. The Hall–Kier alpha value is -1.53. The van der Waals surface area contributed by atoms with Crippen LogP contribution >= 0.6 is 23.2 Å². The summed E-state index contributed by atoms with van der Waals surface area (Å²) < 4.78 is 13.0. The molecule has 0 saturated heterocycles. The third kappa shape index (κ3) is 4.75. The maximum atomic E-state index is 13.0. The Kier molecular flexibility index (Phi) is 6.23. The quantitative estimate of drug-likeness (QED) is 0.766. The standard InChI is InChI=1S/C13H15Cl2FN2O3/c1-3-6(2)10(12(19)20)17-13(21)18-11-8(14)4-7(16)5-9(11)15/h4-6,10H,3H2,1-2H3,(H,19,20)(H2,17,18,21). The number of amides is 2. The Bertz CT molecular complexity index is 531. The lowest BCUT2D eigenvalue weighted by Gasteiger charge is -2.20. The van der Waals surface area contributed by atoms with Gasteiger partial charge in [0.1, 0.15) is 11.9 Å². The molecule has 2 amide bonds. The first-order valence-corrected chi connectivity index (χ1v) is 6.96. The van der Waals surface area contributed by atoms with Crippen LogP contribution < -0.4 is 10.6 Å². The molecule has 8 heteroatoms. The van der Waals surface area contributed by atoms with Crippen LogP contribution in [0.4, 0.5) is 14.9 Å². The van der Waals surface area contributed by atoms with E-state index in [-0.39, 0.29) is 21.7 Å². The first-order chi connectivity index (χ1) is 9.76. The van der Waals surface area contributed by atoms with E-state index in [9.17, 15) is 14.0 Å². The molecule has 0 radical (unpaired) electrons. The van der Waals surface area contributed by atoms with Crippen LogP contribution in [0.5, 0.6) is 0 Å². The molecule has 0 spiro atoms. The van der Waals surface area contributed by atoms with E-state index in [1.165, 1.54) is 0 Å². The molecule has 0 saturated carbocycles. The van der Waals surface area contributed by atoms with Gasteiger partial charge in [0.2, 0.25) is 0 Å². The lowest BCUT2D eigenvalue weighted by atomic mass is 9.99. The molecule has 21 heavy (non-hydrogen) atoms.